The van der Waals surface area contributed by atoms with E-state index in [1.807, 2.05) is 0 Å². The second-order valence-corrected chi connectivity index (χ2v) is 4.36. The van der Waals surface area contributed by atoms with Gasteiger partial charge >= 0.3 is 0 Å². The summed E-state index contributed by atoms with van der Waals surface area (Å²) in [5, 5.41) is 0. The minimum Gasteiger partial charge on any atom is -0.347 e. The van der Waals surface area contributed by atoms with E-state index < -0.39 is 0 Å². The molecule has 0 aliphatic heterocycles. The van der Waals surface area contributed by atoms with Crippen molar-refractivity contribution in [2.75, 3.05) is 7.05 Å². The molecule has 88 valence electrons. The first-order valence-electron chi connectivity index (χ1n) is 5.03. The number of carbonyl (C=O) groups excluding carboxylic acids is 1. The Morgan fingerprint density at radius 3 is 3.00 bits per heavy atom. The summed E-state index contributed by atoms with van der Waals surface area (Å²) in [5.41, 5.74) is 0.411. The quantitative estimate of drug-likeness (QED) is 0.879. The fourth-order valence-corrected chi connectivity index (χ4v) is 1.75. The fraction of sp³-hybridized carbons (Fsp3) is 0.182. The molecule has 1 N–H and O–H groups in total. The summed E-state index contributed by atoms with van der Waals surface area (Å²) >= 11 is 3.24. The molecular formula is C11H11BrN4O. The Bertz CT molecular complexity index is 512. The number of rotatable bonds is 3. The first kappa shape index (κ1) is 11.8. The normalized spacial score (nSPS) is 10.2. The molecular weight excluding hydrogens is 284 g/mol. The summed E-state index contributed by atoms with van der Waals surface area (Å²) in [6.07, 6.45) is 3.38. The van der Waals surface area contributed by atoms with Gasteiger partial charge in [-0.3, -0.25) is 4.79 Å². The van der Waals surface area contributed by atoms with Crippen LogP contribution in [-0.4, -0.2) is 32.8 Å². The van der Waals surface area contributed by atoms with Crippen LogP contribution in [-0.2, 0) is 6.54 Å². The first-order chi connectivity index (χ1) is 8.16. The monoisotopic (exact) mass is 294 g/mol. The Hall–Kier alpha value is -1.69. The number of hydrogen-bond acceptors (Lipinski definition) is 3. The van der Waals surface area contributed by atoms with Gasteiger partial charge in [0.25, 0.3) is 5.91 Å². The molecule has 17 heavy (non-hydrogen) atoms. The van der Waals surface area contributed by atoms with E-state index in [1.54, 1.807) is 42.5 Å². The Kier molecular flexibility index (Phi) is 3.53. The molecule has 6 heteroatoms. The Balaban J connectivity index is 2.09. The van der Waals surface area contributed by atoms with E-state index in [-0.39, 0.29) is 5.91 Å². The molecule has 1 amide bonds. The third-order valence-electron chi connectivity index (χ3n) is 2.22. The van der Waals surface area contributed by atoms with Gasteiger partial charge in [-0.1, -0.05) is 6.07 Å². The molecule has 0 aliphatic rings. The number of aromatic nitrogens is 3. The standard InChI is InChI=1S/C11H11BrN4O/c1-16(7-10-13-5-6-14-10)11(17)8-3-2-4-9(12)15-8/h2-6H,7H2,1H3,(H,13,14). The van der Waals surface area contributed by atoms with Crippen LogP contribution < -0.4 is 0 Å². The second kappa shape index (κ2) is 5.09. The number of nitrogens with one attached hydrogen (secondary N) is 1. The lowest BCUT2D eigenvalue weighted by Crippen LogP contribution is -2.27. The largest absolute Gasteiger partial charge is 0.347 e. The Morgan fingerprint density at radius 1 is 1.53 bits per heavy atom. The van der Waals surface area contributed by atoms with Crippen LogP contribution in [0.2, 0.25) is 0 Å². The second-order valence-electron chi connectivity index (χ2n) is 3.54. The van der Waals surface area contributed by atoms with Crippen LogP contribution in [0.25, 0.3) is 0 Å². The average molecular weight is 295 g/mol. The van der Waals surface area contributed by atoms with E-state index in [0.717, 1.165) is 5.82 Å². The molecule has 2 aromatic rings. The minimum atomic E-state index is -0.136. The fourth-order valence-electron chi connectivity index (χ4n) is 1.40. The lowest BCUT2D eigenvalue weighted by molar-refractivity contribution is 0.0776. The molecule has 0 atom stereocenters. The molecule has 0 aromatic carbocycles. The number of halogens is 1. The molecule has 0 fully saturated rings. The summed E-state index contributed by atoms with van der Waals surface area (Å²) in [5.74, 6) is 0.610. The molecule has 0 saturated heterocycles. The lowest BCUT2D eigenvalue weighted by Gasteiger charge is -2.15. The minimum absolute atomic E-state index is 0.136. The molecule has 2 rings (SSSR count). The van der Waals surface area contributed by atoms with Gasteiger partial charge in [-0.15, -0.1) is 0 Å². The van der Waals surface area contributed by atoms with E-state index >= 15 is 0 Å². The number of H-pyrrole nitrogens is 1. The van der Waals surface area contributed by atoms with Crippen LogP contribution in [0.1, 0.15) is 16.3 Å². The molecule has 0 radical (unpaired) electrons. The Morgan fingerprint density at radius 2 is 2.35 bits per heavy atom. The van der Waals surface area contributed by atoms with Gasteiger partial charge in [0.05, 0.1) is 6.54 Å². The van der Waals surface area contributed by atoms with E-state index in [1.165, 1.54) is 0 Å². The number of nitrogens with zero attached hydrogens (tertiary/aromatic N) is 3. The van der Waals surface area contributed by atoms with Crippen molar-refractivity contribution in [3.63, 3.8) is 0 Å². The van der Waals surface area contributed by atoms with Gasteiger partial charge in [0, 0.05) is 19.4 Å². The van der Waals surface area contributed by atoms with Crippen LogP contribution in [0.4, 0.5) is 0 Å². The molecule has 2 heterocycles. The molecule has 0 aliphatic carbocycles. The van der Waals surface area contributed by atoms with Gasteiger partial charge in [-0.25, -0.2) is 9.97 Å². The summed E-state index contributed by atoms with van der Waals surface area (Å²) in [7, 11) is 1.72. The molecule has 5 nitrogen and oxygen atoms in total. The predicted molar refractivity (Wildman–Crippen MR) is 66.3 cm³/mol. The van der Waals surface area contributed by atoms with Gasteiger partial charge in [0.15, 0.2) is 0 Å². The zero-order chi connectivity index (χ0) is 12.3. The number of aromatic amines is 1. The van der Waals surface area contributed by atoms with Crippen molar-refractivity contribution >= 4 is 21.8 Å². The zero-order valence-electron chi connectivity index (χ0n) is 9.22. The SMILES string of the molecule is CN(Cc1ncc[nH]1)C(=O)c1cccc(Br)n1. The highest BCUT2D eigenvalue weighted by Crippen LogP contribution is 2.09. The maximum Gasteiger partial charge on any atom is 0.272 e. The molecule has 0 bridgehead atoms. The van der Waals surface area contributed by atoms with Crippen molar-refractivity contribution in [1.29, 1.82) is 0 Å². The Labute approximate surface area is 107 Å². The van der Waals surface area contributed by atoms with Crippen molar-refractivity contribution in [2.45, 2.75) is 6.54 Å². The maximum atomic E-state index is 12.0. The van der Waals surface area contributed by atoms with Crippen molar-refractivity contribution in [2.24, 2.45) is 0 Å². The molecule has 0 spiro atoms. The number of imidazole rings is 1. The highest BCUT2D eigenvalue weighted by Gasteiger charge is 2.14. The summed E-state index contributed by atoms with van der Waals surface area (Å²) in [6.45, 7) is 0.431. The number of amides is 1. The first-order valence-corrected chi connectivity index (χ1v) is 5.82. The number of pyridine rings is 1. The van der Waals surface area contributed by atoms with Crippen LogP contribution in [0, 0.1) is 0 Å². The highest BCUT2D eigenvalue weighted by atomic mass is 79.9. The van der Waals surface area contributed by atoms with Gasteiger partial charge in [0.1, 0.15) is 16.1 Å². The summed E-state index contributed by atoms with van der Waals surface area (Å²) in [6, 6.07) is 5.25. The van der Waals surface area contributed by atoms with Crippen LogP contribution in [0.15, 0.2) is 35.2 Å². The van der Waals surface area contributed by atoms with E-state index in [0.29, 0.717) is 16.8 Å². The number of hydrogen-bond donors (Lipinski definition) is 1. The summed E-state index contributed by atoms with van der Waals surface area (Å²) in [4.78, 5) is 24.7. The van der Waals surface area contributed by atoms with Crippen molar-refractivity contribution < 1.29 is 4.79 Å². The molecule has 0 unspecified atom stereocenters. The zero-order valence-corrected chi connectivity index (χ0v) is 10.8. The summed E-state index contributed by atoms with van der Waals surface area (Å²) < 4.78 is 0.648. The van der Waals surface area contributed by atoms with Gasteiger partial charge in [-0.2, -0.15) is 0 Å². The van der Waals surface area contributed by atoms with Crippen molar-refractivity contribution in [1.82, 2.24) is 19.9 Å². The smallest absolute Gasteiger partial charge is 0.272 e. The third-order valence-corrected chi connectivity index (χ3v) is 2.66. The predicted octanol–water partition coefficient (Wildman–Crippen LogP) is 1.84. The van der Waals surface area contributed by atoms with Crippen LogP contribution >= 0.6 is 15.9 Å². The van der Waals surface area contributed by atoms with Gasteiger partial charge < -0.3 is 9.88 Å². The highest BCUT2D eigenvalue weighted by molar-refractivity contribution is 9.10. The van der Waals surface area contributed by atoms with E-state index in [2.05, 4.69) is 30.9 Å². The van der Waals surface area contributed by atoms with Crippen molar-refractivity contribution in [3.05, 3.63) is 46.7 Å². The molecule has 2 aromatic heterocycles. The lowest BCUT2D eigenvalue weighted by atomic mass is 10.3. The van der Waals surface area contributed by atoms with E-state index in [9.17, 15) is 4.79 Å². The van der Waals surface area contributed by atoms with Gasteiger partial charge in [0.2, 0.25) is 0 Å². The molecule has 0 saturated carbocycles. The average Bonchev–Trinajstić information content (AvgIpc) is 2.80. The topological polar surface area (TPSA) is 61.9 Å². The van der Waals surface area contributed by atoms with Crippen molar-refractivity contribution in [3.8, 4) is 0 Å². The maximum absolute atomic E-state index is 12.0. The van der Waals surface area contributed by atoms with Gasteiger partial charge in [-0.05, 0) is 28.1 Å². The van der Waals surface area contributed by atoms with Crippen LogP contribution in [0.3, 0.4) is 0 Å². The third kappa shape index (κ3) is 2.91. The van der Waals surface area contributed by atoms with Crippen LogP contribution in [0.5, 0.6) is 0 Å². The van der Waals surface area contributed by atoms with E-state index in [4.69, 9.17) is 0 Å². The number of carbonyl (C=O) groups is 1.